The predicted molar refractivity (Wildman–Crippen MR) is 103 cm³/mol. The van der Waals surface area contributed by atoms with Crippen LogP contribution in [0.4, 0.5) is 5.95 Å². The Morgan fingerprint density at radius 3 is 2.39 bits per heavy atom. The van der Waals surface area contributed by atoms with E-state index in [1.165, 1.54) is 0 Å². The Kier molecular flexibility index (Phi) is 7.03. The monoisotopic (exact) mass is 537 g/mol. The minimum absolute atomic E-state index is 0.117. The van der Waals surface area contributed by atoms with Crippen LogP contribution >= 0.6 is 23.5 Å². The molecule has 0 aliphatic carbocycles. The summed E-state index contributed by atoms with van der Waals surface area (Å²) in [6.45, 7) is 1.05. The van der Waals surface area contributed by atoms with E-state index in [2.05, 4.69) is 28.1 Å². The molecular weight excluding hydrogens is 519 g/mol. The van der Waals surface area contributed by atoms with E-state index in [-0.39, 0.29) is 17.1 Å². The minimum Gasteiger partial charge on any atom is -0.387 e. The summed E-state index contributed by atoms with van der Waals surface area (Å²) >= 11 is 0. The molecule has 19 nitrogen and oxygen atoms in total. The molecule has 9 N–H and O–H groups in total. The number of aliphatic hydroxyl groups excluding tert-OH is 2. The van der Waals surface area contributed by atoms with Crippen LogP contribution in [0.1, 0.15) is 13.2 Å². The number of nitrogen functional groups attached to an aromatic ring is 1. The molecule has 1 saturated heterocycles. The maximum atomic E-state index is 12.0. The van der Waals surface area contributed by atoms with E-state index >= 15 is 0 Å². The van der Waals surface area contributed by atoms with Crippen LogP contribution in [0.3, 0.4) is 0 Å². The van der Waals surface area contributed by atoms with Gasteiger partial charge < -0.3 is 40.3 Å². The molecule has 1 aliphatic rings. The van der Waals surface area contributed by atoms with Crippen LogP contribution in [0.5, 0.6) is 0 Å². The third-order valence-corrected chi connectivity index (χ3v) is 8.10. The second-order valence-corrected chi connectivity index (χ2v) is 11.0. The zero-order valence-corrected chi connectivity index (χ0v) is 18.9. The molecule has 3 rings (SSSR count). The Hall–Kier alpha value is -1.56. The summed E-state index contributed by atoms with van der Waals surface area (Å²) in [5.41, 5.74) is 4.51. The Balaban J connectivity index is 1.78. The SMILES string of the molecule is C[C@H](OP(=O)(O)OP(=O)(O)OP(=O)(O)O)[C@H]1O[C@@H](n2cnc3c(=O)[nH]c(N)nc32)[C@@H](O)C1O. The van der Waals surface area contributed by atoms with Crippen molar-refractivity contribution in [2.24, 2.45) is 0 Å². The van der Waals surface area contributed by atoms with Crippen LogP contribution in [0.2, 0.25) is 0 Å². The molecule has 0 amide bonds. The number of imidazole rings is 1. The van der Waals surface area contributed by atoms with Gasteiger partial charge in [-0.15, -0.1) is 0 Å². The fourth-order valence-electron chi connectivity index (χ4n) is 3.00. The first-order valence-electron chi connectivity index (χ1n) is 8.56. The van der Waals surface area contributed by atoms with Crippen molar-refractivity contribution < 1.29 is 61.4 Å². The maximum absolute atomic E-state index is 12.0. The lowest BCUT2D eigenvalue weighted by atomic mass is 10.1. The van der Waals surface area contributed by atoms with Gasteiger partial charge in [0.1, 0.15) is 18.3 Å². The predicted octanol–water partition coefficient (Wildman–Crippen LogP) is -1.95. The molecule has 1 aliphatic heterocycles. The maximum Gasteiger partial charge on any atom is 0.490 e. The third kappa shape index (κ3) is 5.93. The second-order valence-electron chi connectivity index (χ2n) is 6.65. The summed E-state index contributed by atoms with van der Waals surface area (Å²) in [5.74, 6) is -0.278. The molecule has 186 valence electrons. The van der Waals surface area contributed by atoms with Gasteiger partial charge in [-0.25, -0.2) is 18.7 Å². The van der Waals surface area contributed by atoms with Crippen molar-refractivity contribution in [1.29, 1.82) is 0 Å². The molecule has 0 radical (unpaired) electrons. The molecule has 0 saturated carbocycles. The first kappa shape index (κ1) is 26.1. The van der Waals surface area contributed by atoms with Crippen LogP contribution in [-0.2, 0) is 31.6 Å². The topological polar surface area (TPSA) is 299 Å². The fraction of sp³-hybridized carbons (Fsp3) is 0.545. The van der Waals surface area contributed by atoms with Gasteiger partial charge in [-0.05, 0) is 6.92 Å². The quantitative estimate of drug-likeness (QED) is 0.170. The number of hydrogen-bond donors (Lipinski definition) is 8. The minimum atomic E-state index is -5.76. The number of hydrogen-bond acceptors (Lipinski definition) is 13. The average molecular weight is 537 g/mol. The van der Waals surface area contributed by atoms with Gasteiger partial charge in [0.15, 0.2) is 17.4 Å². The van der Waals surface area contributed by atoms with Crippen molar-refractivity contribution in [3.8, 4) is 0 Å². The number of ether oxygens (including phenoxy) is 1. The highest BCUT2D eigenvalue weighted by Crippen LogP contribution is 2.66. The van der Waals surface area contributed by atoms with Crippen molar-refractivity contribution >= 4 is 40.6 Å². The van der Waals surface area contributed by atoms with E-state index < -0.39 is 59.7 Å². The summed E-state index contributed by atoms with van der Waals surface area (Å²) in [5, 5.41) is 20.7. The lowest BCUT2D eigenvalue weighted by molar-refractivity contribution is -0.0755. The Morgan fingerprint density at radius 2 is 1.79 bits per heavy atom. The van der Waals surface area contributed by atoms with Crippen molar-refractivity contribution in [3.63, 3.8) is 0 Å². The van der Waals surface area contributed by atoms with Crippen LogP contribution in [0.25, 0.3) is 11.2 Å². The summed E-state index contributed by atoms with van der Waals surface area (Å²) in [4.78, 5) is 57.7. The van der Waals surface area contributed by atoms with Gasteiger partial charge in [0.2, 0.25) is 5.95 Å². The molecule has 2 aromatic heterocycles. The van der Waals surface area contributed by atoms with Gasteiger partial charge in [0.05, 0.1) is 12.4 Å². The van der Waals surface area contributed by atoms with E-state index in [0.29, 0.717) is 0 Å². The Bertz CT molecular complexity index is 1240. The molecule has 7 atom stereocenters. The molecule has 22 heteroatoms. The Labute approximate surface area is 182 Å². The van der Waals surface area contributed by atoms with Gasteiger partial charge in [-0.2, -0.15) is 13.6 Å². The number of rotatable bonds is 8. The number of phosphoric acid groups is 3. The average Bonchev–Trinajstić information content (AvgIpc) is 3.13. The van der Waals surface area contributed by atoms with E-state index in [0.717, 1.165) is 17.8 Å². The number of aromatic nitrogens is 4. The molecule has 0 spiro atoms. The lowest BCUT2D eigenvalue weighted by Crippen LogP contribution is -2.38. The van der Waals surface area contributed by atoms with E-state index in [1.54, 1.807) is 0 Å². The first-order chi connectivity index (χ1) is 15.0. The third-order valence-electron chi connectivity index (χ3n) is 4.18. The van der Waals surface area contributed by atoms with Crippen LogP contribution in [-0.4, -0.2) is 73.7 Å². The number of phosphoric ester groups is 1. The van der Waals surface area contributed by atoms with Crippen molar-refractivity contribution in [1.82, 2.24) is 19.5 Å². The standard InChI is InChI=1S/C11H18N5O14P3/c1-3(28-32(23,24)30-33(25,26)29-31(20,21)22)7-5(17)6(18)10(27-7)16-2-13-4-8(16)14-11(12)15-9(4)19/h2-3,5-7,10,17-18H,1H3,(H,23,24)(H,25,26)(H2,20,21,22)(H3,12,14,15,19)/t3-,5?,6-,7+,10+/m0/s1. The molecule has 1 fully saturated rings. The highest BCUT2D eigenvalue weighted by molar-refractivity contribution is 7.66. The zero-order valence-electron chi connectivity index (χ0n) is 16.2. The second kappa shape index (κ2) is 8.90. The van der Waals surface area contributed by atoms with Gasteiger partial charge >= 0.3 is 23.5 Å². The molecule has 33 heavy (non-hydrogen) atoms. The molecule has 3 unspecified atom stereocenters. The van der Waals surface area contributed by atoms with Gasteiger partial charge in [-0.3, -0.25) is 18.9 Å². The number of nitrogens with one attached hydrogen (secondary N) is 1. The number of fused-ring (bicyclic) bond motifs is 1. The highest BCUT2D eigenvalue weighted by Gasteiger charge is 2.49. The van der Waals surface area contributed by atoms with Gasteiger partial charge in [-0.1, -0.05) is 0 Å². The lowest BCUT2D eigenvalue weighted by Gasteiger charge is -2.24. The van der Waals surface area contributed by atoms with Crippen molar-refractivity contribution in [2.45, 2.75) is 37.6 Å². The Morgan fingerprint density at radius 1 is 1.15 bits per heavy atom. The highest BCUT2D eigenvalue weighted by atomic mass is 31.3. The first-order valence-corrected chi connectivity index (χ1v) is 13.1. The summed E-state index contributed by atoms with van der Waals surface area (Å²) in [7, 11) is -16.9. The number of anilines is 1. The zero-order chi connectivity index (χ0) is 24.9. The largest absolute Gasteiger partial charge is 0.490 e. The van der Waals surface area contributed by atoms with Gasteiger partial charge in [0.25, 0.3) is 5.56 Å². The summed E-state index contributed by atoms with van der Waals surface area (Å²) in [6.07, 6.45) is -7.04. The van der Waals surface area contributed by atoms with E-state index in [9.17, 15) is 38.5 Å². The number of aromatic amines is 1. The molecule has 2 aromatic rings. The van der Waals surface area contributed by atoms with Crippen molar-refractivity contribution in [2.75, 3.05) is 5.73 Å². The number of nitrogens with zero attached hydrogens (tertiary/aromatic N) is 3. The number of nitrogens with two attached hydrogens (primary N) is 1. The molecule has 0 bridgehead atoms. The van der Waals surface area contributed by atoms with Gasteiger partial charge in [0, 0.05) is 0 Å². The van der Waals surface area contributed by atoms with Crippen molar-refractivity contribution in [3.05, 3.63) is 16.7 Å². The number of aliphatic hydroxyl groups is 2. The molecular formula is C11H18N5O14P3. The van der Waals surface area contributed by atoms with E-state index in [4.69, 9.17) is 20.3 Å². The smallest absolute Gasteiger partial charge is 0.387 e. The summed E-state index contributed by atoms with van der Waals surface area (Å²) in [6, 6.07) is 0. The molecule has 0 aromatic carbocycles. The fourth-order valence-corrected chi connectivity index (χ4v) is 6.20. The van der Waals surface area contributed by atoms with Crippen LogP contribution in [0.15, 0.2) is 11.1 Å². The number of H-pyrrole nitrogens is 1. The van der Waals surface area contributed by atoms with Crippen LogP contribution < -0.4 is 11.3 Å². The van der Waals surface area contributed by atoms with Crippen LogP contribution in [0, 0.1) is 0 Å². The van der Waals surface area contributed by atoms with E-state index in [1.807, 2.05) is 0 Å². The molecule has 3 heterocycles. The summed E-state index contributed by atoms with van der Waals surface area (Å²) < 4.78 is 52.4. The normalized spacial score (nSPS) is 28.5.